The van der Waals surface area contributed by atoms with Crippen LogP contribution in [-0.4, -0.2) is 48.1 Å². The monoisotopic (exact) mass is 276 g/mol. The smallest absolute Gasteiger partial charge is 0.394 e. The maximum absolute atomic E-state index is 11.4. The van der Waals surface area contributed by atoms with E-state index in [0.717, 1.165) is 0 Å². The van der Waals surface area contributed by atoms with Gasteiger partial charge >= 0.3 is 11.9 Å². The summed E-state index contributed by atoms with van der Waals surface area (Å²) >= 11 is 0. The van der Waals surface area contributed by atoms with Gasteiger partial charge in [-0.15, -0.1) is 0 Å². The molecule has 1 aromatic carbocycles. The third-order valence-corrected chi connectivity index (χ3v) is 3.70. The van der Waals surface area contributed by atoms with Gasteiger partial charge in [-0.25, -0.2) is 4.79 Å². The highest BCUT2D eigenvalue weighted by Crippen LogP contribution is 2.27. The van der Waals surface area contributed by atoms with Gasteiger partial charge in [0.15, 0.2) is 0 Å². The van der Waals surface area contributed by atoms with Crippen molar-refractivity contribution in [2.45, 2.75) is 20.8 Å². The summed E-state index contributed by atoms with van der Waals surface area (Å²) < 4.78 is 0. The van der Waals surface area contributed by atoms with Gasteiger partial charge in [-0.1, -0.05) is 17.7 Å². The first-order valence-electron chi connectivity index (χ1n) is 6.75. The van der Waals surface area contributed by atoms with Crippen molar-refractivity contribution in [2.75, 3.05) is 31.1 Å². The van der Waals surface area contributed by atoms with Crippen molar-refractivity contribution in [3.63, 3.8) is 0 Å². The number of carbonyl (C=O) groups excluding carboxylic acids is 1. The molecule has 108 valence electrons. The fourth-order valence-corrected chi connectivity index (χ4v) is 2.94. The highest BCUT2D eigenvalue weighted by atomic mass is 16.4. The number of hydrogen-bond acceptors (Lipinski definition) is 3. The Morgan fingerprint density at radius 1 is 1.00 bits per heavy atom. The van der Waals surface area contributed by atoms with Crippen molar-refractivity contribution >= 4 is 17.6 Å². The van der Waals surface area contributed by atoms with Crippen LogP contribution >= 0.6 is 0 Å². The number of hydrogen-bond donors (Lipinski definition) is 1. The molecule has 1 aromatic rings. The minimum atomic E-state index is -1.37. The van der Waals surface area contributed by atoms with E-state index >= 15 is 0 Å². The van der Waals surface area contributed by atoms with E-state index in [1.807, 2.05) is 0 Å². The standard InChI is InChI=1S/C15H20N2O3/c1-10-8-11(2)13(12(3)9-10)16-4-6-17(7-5-16)14(18)15(19)20/h8-9H,4-7H2,1-3H3,(H,19,20). The van der Waals surface area contributed by atoms with Gasteiger partial charge in [0.05, 0.1) is 0 Å². The molecule has 0 spiro atoms. The predicted octanol–water partition coefficient (Wildman–Crippen LogP) is 1.35. The zero-order valence-electron chi connectivity index (χ0n) is 12.1. The topological polar surface area (TPSA) is 60.9 Å². The number of aliphatic carboxylic acids is 1. The molecule has 0 unspecified atom stereocenters. The molecule has 5 nitrogen and oxygen atoms in total. The molecule has 2 rings (SSSR count). The Kier molecular flexibility index (Phi) is 3.97. The van der Waals surface area contributed by atoms with Crippen LogP contribution in [-0.2, 0) is 9.59 Å². The molecule has 1 saturated heterocycles. The fourth-order valence-electron chi connectivity index (χ4n) is 2.94. The van der Waals surface area contributed by atoms with Crippen LogP contribution in [0.3, 0.4) is 0 Å². The van der Waals surface area contributed by atoms with E-state index in [-0.39, 0.29) is 0 Å². The Labute approximate surface area is 118 Å². The lowest BCUT2D eigenvalue weighted by Gasteiger charge is -2.37. The molecule has 0 bridgehead atoms. The van der Waals surface area contributed by atoms with E-state index in [1.165, 1.54) is 27.3 Å². The van der Waals surface area contributed by atoms with Crippen LogP contribution in [0.25, 0.3) is 0 Å². The van der Waals surface area contributed by atoms with Gasteiger partial charge in [0.1, 0.15) is 0 Å². The molecule has 0 aliphatic carbocycles. The van der Waals surface area contributed by atoms with Crippen molar-refractivity contribution in [3.8, 4) is 0 Å². The summed E-state index contributed by atoms with van der Waals surface area (Å²) in [4.78, 5) is 25.8. The summed E-state index contributed by atoms with van der Waals surface area (Å²) in [6.07, 6.45) is 0. The molecule has 5 heteroatoms. The van der Waals surface area contributed by atoms with Crippen LogP contribution in [0.5, 0.6) is 0 Å². The van der Waals surface area contributed by atoms with Crippen LogP contribution in [0, 0.1) is 20.8 Å². The average Bonchev–Trinajstić information content (AvgIpc) is 2.37. The van der Waals surface area contributed by atoms with Crippen LogP contribution < -0.4 is 4.90 Å². The fraction of sp³-hybridized carbons (Fsp3) is 0.467. The third-order valence-electron chi connectivity index (χ3n) is 3.70. The second-order valence-corrected chi connectivity index (χ2v) is 5.33. The van der Waals surface area contributed by atoms with E-state index in [0.29, 0.717) is 26.2 Å². The van der Waals surface area contributed by atoms with Crippen molar-refractivity contribution in [2.24, 2.45) is 0 Å². The number of benzene rings is 1. The molecular weight excluding hydrogens is 256 g/mol. The lowest BCUT2D eigenvalue weighted by molar-refractivity contribution is -0.156. The average molecular weight is 276 g/mol. The molecule has 1 heterocycles. The van der Waals surface area contributed by atoms with Gasteiger partial charge in [-0.3, -0.25) is 4.79 Å². The Morgan fingerprint density at radius 3 is 1.95 bits per heavy atom. The quantitative estimate of drug-likeness (QED) is 0.786. The molecule has 1 amide bonds. The van der Waals surface area contributed by atoms with Crippen molar-refractivity contribution < 1.29 is 14.7 Å². The lowest BCUT2D eigenvalue weighted by Crippen LogP contribution is -2.51. The van der Waals surface area contributed by atoms with Gasteiger partial charge in [0.25, 0.3) is 0 Å². The predicted molar refractivity (Wildman–Crippen MR) is 77.1 cm³/mol. The van der Waals surface area contributed by atoms with Crippen LogP contribution in [0.15, 0.2) is 12.1 Å². The van der Waals surface area contributed by atoms with E-state index in [9.17, 15) is 9.59 Å². The second kappa shape index (κ2) is 5.53. The van der Waals surface area contributed by atoms with Crippen molar-refractivity contribution in [1.82, 2.24) is 4.90 Å². The molecular formula is C15H20N2O3. The Balaban J connectivity index is 2.12. The van der Waals surface area contributed by atoms with Gasteiger partial charge in [0.2, 0.25) is 0 Å². The first-order valence-corrected chi connectivity index (χ1v) is 6.75. The van der Waals surface area contributed by atoms with Gasteiger partial charge in [-0.05, 0) is 31.9 Å². The molecule has 0 atom stereocenters. The first kappa shape index (κ1) is 14.4. The largest absolute Gasteiger partial charge is 0.474 e. The van der Waals surface area contributed by atoms with Gasteiger partial charge < -0.3 is 14.9 Å². The molecule has 20 heavy (non-hydrogen) atoms. The van der Waals surface area contributed by atoms with Crippen LogP contribution in [0.4, 0.5) is 5.69 Å². The number of anilines is 1. The number of aryl methyl sites for hydroxylation is 3. The maximum Gasteiger partial charge on any atom is 0.394 e. The second-order valence-electron chi connectivity index (χ2n) is 5.33. The maximum atomic E-state index is 11.4. The Hall–Kier alpha value is -2.04. The summed E-state index contributed by atoms with van der Waals surface area (Å²) in [6, 6.07) is 4.30. The zero-order valence-corrected chi connectivity index (χ0v) is 12.1. The molecule has 0 aromatic heterocycles. The minimum absolute atomic E-state index is 0.456. The SMILES string of the molecule is Cc1cc(C)c(N2CCN(C(=O)C(=O)O)CC2)c(C)c1. The summed E-state index contributed by atoms with van der Waals surface area (Å²) in [6.45, 7) is 8.50. The van der Waals surface area contributed by atoms with Crippen LogP contribution in [0.2, 0.25) is 0 Å². The summed E-state index contributed by atoms with van der Waals surface area (Å²) in [5.41, 5.74) is 4.89. The first-order chi connectivity index (χ1) is 9.40. The normalized spacial score (nSPS) is 15.3. The highest BCUT2D eigenvalue weighted by Gasteiger charge is 2.26. The number of amides is 1. The molecule has 0 saturated carbocycles. The third kappa shape index (κ3) is 2.76. The van der Waals surface area contributed by atoms with Gasteiger partial charge in [0, 0.05) is 31.9 Å². The summed E-state index contributed by atoms with van der Waals surface area (Å²) in [5.74, 6) is -2.18. The molecule has 1 aliphatic heterocycles. The zero-order chi connectivity index (χ0) is 14.9. The van der Waals surface area contributed by atoms with E-state index in [2.05, 4.69) is 37.8 Å². The molecule has 0 radical (unpaired) electrons. The minimum Gasteiger partial charge on any atom is -0.474 e. The summed E-state index contributed by atoms with van der Waals surface area (Å²) in [7, 11) is 0. The molecule has 1 fully saturated rings. The number of piperazine rings is 1. The van der Waals surface area contributed by atoms with E-state index in [1.54, 1.807) is 0 Å². The van der Waals surface area contributed by atoms with Crippen molar-refractivity contribution in [1.29, 1.82) is 0 Å². The highest BCUT2D eigenvalue weighted by molar-refractivity contribution is 6.31. The Bertz CT molecular complexity index is 523. The van der Waals surface area contributed by atoms with Crippen molar-refractivity contribution in [3.05, 3.63) is 28.8 Å². The number of carboxylic acid groups (broad SMARTS) is 1. The van der Waals surface area contributed by atoms with Gasteiger partial charge in [-0.2, -0.15) is 0 Å². The Morgan fingerprint density at radius 2 is 1.50 bits per heavy atom. The number of carbonyl (C=O) groups is 2. The lowest BCUT2D eigenvalue weighted by atomic mass is 10.0. The van der Waals surface area contributed by atoms with Crippen LogP contribution in [0.1, 0.15) is 16.7 Å². The van der Waals surface area contributed by atoms with E-state index < -0.39 is 11.9 Å². The van der Waals surface area contributed by atoms with E-state index in [4.69, 9.17) is 5.11 Å². The number of nitrogens with zero attached hydrogens (tertiary/aromatic N) is 2. The number of carboxylic acids is 1. The summed E-state index contributed by atoms with van der Waals surface area (Å²) in [5, 5.41) is 8.73. The number of rotatable bonds is 1. The molecule has 1 N–H and O–H groups in total. The molecule has 1 aliphatic rings.